The standard InChI is InChI=1S/C15H26N2/c1-6-17(11-12(2)3)15-10-8-7-9-14(15)13(4)16-5/h7-10,12-13,16H,6,11H2,1-5H3. The molecule has 1 rings (SSSR count). The minimum atomic E-state index is 0.396. The van der Waals surface area contributed by atoms with Crippen molar-refractivity contribution in [3.05, 3.63) is 29.8 Å². The van der Waals surface area contributed by atoms with Gasteiger partial charge in [-0.3, -0.25) is 0 Å². The summed E-state index contributed by atoms with van der Waals surface area (Å²) in [5, 5.41) is 3.33. The molecule has 1 N–H and O–H groups in total. The van der Waals surface area contributed by atoms with Crippen LogP contribution in [0.2, 0.25) is 0 Å². The number of benzene rings is 1. The minimum Gasteiger partial charge on any atom is -0.371 e. The Balaban J connectivity index is 3.01. The molecule has 0 aliphatic rings. The van der Waals surface area contributed by atoms with Crippen LogP contribution in [0.3, 0.4) is 0 Å². The normalized spacial score (nSPS) is 12.8. The second-order valence-electron chi connectivity index (χ2n) is 5.00. The molecule has 0 heterocycles. The first-order chi connectivity index (χ1) is 8.10. The monoisotopic (exact) mass is 234 g/mol. The van der Waals surface area contributed by atoms with Crippen molar-refractivity contribution in [3.8, 4) is 0 Å². The van der Waals surface area contributed by atoms with E-state index >= 15 is 0 Å². The topological polar surface area (TPSA) is 15.3 Å². The Morgan fingerprint density at radius 1 is 1.18 bits per heavy atom. The molecule has 0 amide bonds. The summed E-state index contributed by atoms with van der Waals surface area (Å²) in [6.45, 7) is 11.2. The second-order valence-corrected chi connectivity index (χ2v) is 5.00. The van der Waals surface area contributed by atoms with Crippen molar-refractivity contribution in [1.82, 2.24) is 5.32 Å². The molecule has 1 aromatic carbocycles. The van der Waals surface area contributed by atoms with E-state index in [1.807, 2.05) is 7.05 Å². The Morgan fingerprint density at radius 3 is 2.35 bits per heavy atom. The van der Waals surface area contributed by atoms with Crippen molar-refractivity contribution in [2.24, 2.45) is 5.92 Å². The van der Waals surface area contributed by atoms with Gasteiger partial charge >= 0.3 is 0 Å². The lowest BCUT2D eigenvalue weighted by Gasteiger charge is -2.29. The van der Waals surface area contributed by atoms with E-state index in [0.29, 0.717) is 12.0 Å². The van der Waals surface area contributed by atoms with Gasteiger partial charge in [-0.15, -0.1) is 0 Å². The quantitative estimate of drug-likeness (QED) is 0.811. The van der Waals surface area contributed by atoms with E-state index < -0.39 is 0 Å². The Morgan fingerprint density at radius 2 is 1.82 bits per heavy atom. The summed E-state index contributed by atoms with van der Waals surface area (Å²) < 4.78 is 0. The molecule has 0 saturated heterocycles. The van der Waals surface area contributed by atoms with Crippen LogP contribution >= 0.6 is 0 Å². The van der Waals surface area contributed by atoms with E-state index in [2.05, 4.69) is 62.2 Å². The van der Waals surface area contributed by atoms with Crippen LogP contribution < -0.4 is 10.2 Å². The smallest absolute Gasteiger partial charge is 0.0414 e. The molecule has 0 spiro atoms. The van der Waals surface area contributed by atoms with Crippen LogP contribution in [-0.2, 0) is 0 Å². The molecule has 0 aliphatic carbocycles. The van der Waals surface area contributed by atoms with Crippen LogP contribution in [0.1, 0.15) is 39.3 Å². The van der Waals surface area contributed by atoms with Gasteiger partial charge in [0.1, 0.15) is 0 Å². The third kappa shape index (κ3) is 3.74. The van der Waals surface area contributed by atoms with Crippen molar-refractivity contribution in [3.63, 3.8) is 0 Å². The zero-order valence-corrected chi connectivity index (χ0v) is 11.8. The summed E-state index contributed by atoms with van der Waals surface area (Å²) in [7, 11) is 2.01. The van der Waals surface area contributed by atoms with Crippen LogP contribution in [0, 0.1) is 5.92 Å². The van der Waals surface area contributed by atoms with Crippen LogP contribution in [0.5, 0.6) is 0 Å². The van der Waals surface area contributed by atoms with Gasteiger partial charge in [-0.05, 0) is 38.4 Å². The molecule has 0 fully saturated rings. The molecule has 0 aromatic heterocycles. The molecule has 0 saturated carbocycles. The Hall–Kier alpha value is -1.02. The van der Waals surface area contributed by atoms with Gasteiger partial charge in [0.15, 0.2) is 0 Å². The summed E-state index contributed by atoms with van der Waals surface area (Å²) >= 11 is 0. The van der Waals surface area contributed by atoms with Crippen molar-refractivity contribution in [2.75, 3.05) is 25.0 Å². The molecule has 0 bridgehead atoms. The maximum atomic E-state index is 3.33. The number of rotatable bonds is 6. The highest BCUT2D eigenvalue weighted by Crippen LogP contribution is 2.26. The van der Waals surface area contributed by atoms with E-state index in [9.17, 15) is 0 Å². The second kappa shape index (κ2) is 6.65. The first-order valence-electron chi connectivity index (χ1n) is 6.61. The first-order valence-corrected chi connectivity index (χ1v) is 6.61. The fourth-order valence-electron chi connectivity index (χ4n) is 2.14. The average molecular weight is 234 g/mol. The van der Waals surface area contributed by atoms with Gasteiger partial charge in [0.05, 0.1) is 0 Å². The van der Waals surface area contributed by atoms with Crippen LogP contribution in [0.25, 0.3) is 0 Å². The van der Waals surface area contributed by atoms with E-state index in [1.54, 1.807) is 0 Å². The lowest BCUT2D eigenvalue weighted by atomic mass is 10.0. The number of anilines is 1. The lowest BCUT2D eigenvalue weighted by Crippen LogP contribution is -2.29. The number of nitrogens with zero attached hydrogens (tertiary/aromatic N) is 1. The summed E-state index contributed by atoms with van der Waals surface area (Å²) in [6.07, 6.45) is 0. The predicted octanol–water partition coefficient (Wildman–Crippen LogP) is 3.45. The van der Waals surface area contributed by atoms with E-state index in [0.717, 1.165) is 13.1 Å². The summed E-state index contributed by atoms with van der Waals surface area (Å²) in [6, 6.07) is 9.10. The number of hydrogen-bond acceptors (Lipinski definition) is 2. The molecule has 0 radical (unpaired) electrons. The molecule has 2 nitrogen and oxygen atoms in total. The Bertz CT molecular complexity index is 333. The molecule has 1 aromatic rings. The number of hydrogen-bond donors (Lipinski definition) is 1. The largest absolute Gasteiger partial charge is 0.371 e. The molecule has 96 valence electrons. The zero-order chi connectivity index (χ0) is 12.8. The maximum Gasteiger partial charge on any atom is 0.0414 e. The summed E-state index contributed by atoms with van der Waals surface area (Å²) in [4.78, 5) is 2.47. The van der Waals surface area contributed by atoms with Gasteiger partial charge in [-0.1, -0.05) is 32.0 Å². The Kier molecular flexibility index (Phi) is 5.49. The van der Waals surface area contributed by atoms with Crippen LogP contribution in [0.4, 0.5) is 5.69 Å². The highest BCUT2D eigenvalue weighted by atomic mass is 15.1. The first kappa shape index (κ1) is 14.0. The van der Waals surface area contributed by atoms with Crippen molar-refractivity contribution < 1.29 is 0 Å². The number of nitrogens with one attached hydrogen (secondary N) is 1. The predicted molar refractivity (Wildman–Crippen MR) is 76.6 cm³/mol. The lowest BCUT2D eigenvalue weighted by molar-refractivity contribution is 0.606. The molecule has 1 atom stereocenters. The van der Waals surface area contributed by atoms with Crippen LogP contribution in [0.15, 0.2) is 24.3 Å². The molecule has 0 aliphatic heterocycles. The molecular formula is C15H26N2. The van der Waals surface area contributed by atoms with Gasteiger partial charge in [0, 0.05) is 24.8 Å². The third-order valence-electron chi connectivity index (χ3n) is 3.14. The molecule has 17 heavy (non-hydrogen) atoms. The van der Waals surface area contributed by atoms with Crippen molar-refractivity contribution in [1.29, 1.82) is 0 Å². The van der Waals surface area contributed by atoms with E-state index in [1.165, 1.54) is 11.3 Å². The van der Waals surface area contributed by atoms with Gasteiger partial charge in [0.2, 0.25) is 0 Å². The highest BCUT2D eigenvalue weighted by molar-refractivity contribution is 5.54. The number of para-hydroxylation sites is 1. The molecule has 2 heteroatoms. The van der Waals surface area contributed by atoms with Gasteiger partial charge in [0.25, 0.3) is 0 Å². The fraction of sp³-hybridized carbons (Fsp3) is 0.600. The fourth-order valence-corrected chi connectivity index (χ4v) is 2.14. The SMILES string of the molecule is CCN(CC(C)C)c1ccccc1C(C)NC. The maximum absolute atomic E-state index is 3.33. The summed E-state index contributed by atoms with van der Waals surface area (Å²) in [5.74, 6) is 0.688. The molecular weight excluding hydrogens is 208 g/mol. The zero-order valence-electron chi connectivity index (χ0n) is 11.8. The Labute approximate surface area is 106 Å². The highest BCUT2D eigenvalue weighted by Gasteiger charge is 2.13. The van der Waals surface area contributed by atoms with Crippen molar-refractivity contribution >= 4 is 5.69 Å². The summed E-state index contributed by atoms with van der Waals surface area (Å²) in [5.41, 5.74) is 2.75. The van der Waals surface area contributed by atoms with E-state index in [4.69, 9.17) is 0 Å². The van der Waals surface area contributed by atoms with Gasteiger partial charge in [-0.2, -0.15) is 0 Å². The third-order valence-corrected chi connectivity index (χ3v) is 3.14. The van der Waals surface area contributed by atoms with Crippen molar-refractivity contribution in [2.45, 2.75) is 33.7 Å². The van der Waals surface area contributed by atoms with Crippen LogP contribution in [-0.4, -0.2) is 20.1 Å². The van der Waals surface area contributed by atoms with Gasteiger partial charge in [-0.25, -0.2) is 0 Å². The molecule has 1 unspecified atom stereocenters. The minimum absolute atomic E-state index is 0.396. The average Bonchev–Trinajstić information content (AvgIpc) is 2.34. The van der Waals surface area contributed by atoms with E-state index in [-0.39, 0.29) is 0 Å². The van der Waals surface area contributed by atoms with Gasteiger partial charge < -0.3 is 10.2 Å².